The Balaban J connectivity index is 1.91. The molecule has 7 unspecified atom stereocenters. The predicted octanol–water partition coefficient (Wildman–Crippen LogP) is 8.56. The van der Waals surface area contributed by atoms with Crippen LogP contribution in [0.3, 0.4) is 0 Å². The van der Waals surface area contributed by atoms with Crippen LogP contribution >= 0.6 is 0 Å². The molecular weight excluding hydrogens is 658 g/mol. The van der Waals surface area contributed by atoms with Crippen LogP contribution in [0.4, 0.5) is 0 Å². The maximum absolute atomic E-state index is 11.7. The van der Waals surface area contributed by atoms with Gasteiger partial charge in [0.2, 0.25) is 5.91 Å². The van der Waals surface area contributed by atoms with Crippen LogP contribution in [-0.4, -0.2) is 87.5 Å². The van der Waals surface area contributed by atoms with Crippen LogP contribution in [0, 0.1) is 0 Å². The highest BCUT2D eigenvalue weighted by Gasteiger charge is 2.44. The van der Waals surface area contributed by atoms with Gasteiger partial charge < -0.3 is 40.3 Å². The fourth-order valence-electron chi connectivity index (χ4n) is 7.19. The Morgan fingerprint density at radius 3 is 1.38 bits per heavy atom. The van der Waals surface area contributed by atoms with Gasteiger partial charge in [-0.1, -0.05) is 192 Å². The van der Waals surface area contributed by atoms with Gasteiger partial charge in [0.25, 0.3) is 0 Å². The lowest BCUT2D eigenvalue weighted by Crippen LogP contribution is -2.60. The second-order valence-electron chi connectivity index (χ2n) is 15.6. The number of hydrogen-bond donors (Lipinski definition) is 6. The number of carbonyl (C=O) groups excluding carboxylic acids is 1. The lowest BCUT2D eigenvalue weighted by Gasteiger charge is -2.40. The molecular formula is C43H83NO8. The lowest BCUT2D eigenvalue weighted by atomic mass is 9.99. The molecule has 0 bridgehead atoms. The average Bonchev–Trinajstić information content (AvgIpc) is 3.13. The fourth-order valence-corrected chi connectivity index (χ4v) is 7.19. The number of ether oxygens (including phenoxy) is 2. The summed E-state index contributed by atoms with van der Waals surface area (Å²) in [4.78, 5) is 11.7. The first kappa shape index (κ1) is 48.9. The summed E-state index contributed by atoms with van der Waals surface area (Å²) in [5.41, 5.74) is 0. The van der Waals surface area contributed by atoms with Crippen LogP contribution in [-0.2, 0) is 14.3 Å². The van der Waals surface area contributed by atoms with E-state index >= 15 is 0 Å². The minimum absolute atomic E-state index is 0.201. The molecule has 0 saturated carbocycles. The SMILES string of the molecule is CCCCCCCCCCCCCCCCCCCCCCCCCCCCCC/C=C/C(O)C(COC1OC(CO)C(O)C(O)C1O)NC(C)=O. The molecule has 6 N–H and O–H groups in total. The Bertz CT molecular complexity index is 827. The second-order valence-corrected chi connectivity index (χ2v) is 15.6. The second kappa shape index (κ2) is 34.4. The number of nitrogens with one attached hydrogen (secondary N) is 1. The van der Waals surface area contributed by atoms with Crippen molar-refractivity contribution in [3.05, 3.63) is 12.2 Å². The van der Waals surface area contributed by atoms with Crippen molar-refractivity contribution < 1.29 is 39.8 Å². The van der Waals surface area contributed by atoms with E-state index in [-0.39, 0.29) is 12.5 Å². The monoisotopic (exact) mass is 742 g/mol. The van der Waals surface area contributed by atoms with E-state index in [0.29, 0.717) is 0 Å². The summed E-state index contributed by atoms with van der Waals surface area (Å²) in [7, 11) is 0. The first-order valence-corrected chi connectivity index (χ1v) is 21.9. The number of rotatable bonds is 36. The summed E-state index contributed by atoms with van der Waals surface area (Å²) in [6, 6.07) is -0.801. The first-order valence-electron chi connectivity index (χ1n) is 21.9. The van der Waals surface area contributed by atoms with E-state index in [9.17, 15) is 30.3 Å². The van der Waals surface area contributed by atoms with Crippen molar-refractivity contribution in [2.75, 3.05) is 13.2 Å². The molecule has 1 aliphatic rings. The van der Waals surface area contributed by atoms with Crippen LogP contribution in [0.15, 0.2) is 12.2 Å². The van der Waals surface area contributed by atoms with Gasteiger partial charge in [-0.2, -0.15) is 0 Å². The van der Waals surface area contributed by atoms with Crippen molar-refractivity contribution in [1.29, 1.82) is 0 Å². The van der Waals surface area contributed by atoms with Gasteiger partial charge in [0.15, 0.2) is 6.29 Å². The van der Waals surface area contributed by atoms with Gasteiger partial charge in [0.05, 0.1) is 25.4 Å². The molecule has 1 heterocycles. The predicted molar refractivity (Wildman–Crippen MR) is 212 cm³/mol. The minimum atomic E-state index is -1.56. The Labute approximate surface area is 318 Å². The van der Waals surface area contributed by atoms with Gasteiger partial charge in [0.1, 0.15) is 24.4 Å². The molecule has 0 aliphatic carbocycles. The van der Waals surface area contributed by atoms with Gasteiger partial charge in [-0.3, -0.25) is 4.79 Å². The summed E-state index contributed by atoms with van der Waals surface area (Å²) in [6.45, 7) is 2.86. The summed E-state index contributed by atoms with van der Waals surface area (Å²) in [5, 5.41) is 52.7. The van der Waals surface area contributed by atoms with Crippen molar-refractivity contribution in [3.63, 3.8) is 0 Å². The van der Waals surface area contributed by atoms with E-state index in [1.54, 1.807) is 6.08 Å². The molecule has 1 aliphatic heterocycles. The van der Waals surface area contributed by atoms with Crippen molar-refractivity contribution >= 4 is 5.91 Å². The zero-order valence-electron chi connectivity index (χ0n) is 33.6. The zero-order chi connectivity index (χ0) is 38.1. The number of allylic oxidation sites excluding steroid dienone is 1. The molecule has 1 fully saturated rings. The largest absolute Gasteiger partial charge is 0.394 e. The molecule has 308 valence electrons. The van der Waals surface area contributed by atoms with E-state index in [1.807, 2.05) is 6.08 Å². The number of unbranched alkanes of at least 4 members (excludes halogenated alkanes) is 28. The molecule has 0 spiro atoms. The maximum Gasteiger partial charge on any atom is 0.217 e. The van der Waals surface area contributed by atoms with Crippen molar-refractivity contribution in [3.8, 4) is 0 Å². The van der Waals surface area contributed by atoms with Crippen LogP contribution < -0.4 is 5.32 Å². The molecule has 1 amide bonds. The fraction of sp³-hybridized carbons (Fsp3) is 0.930. The Morgan fingerprint density at radius 2 is 1.02 bits per heavy atom. The van der Waals surface area contributed by atoms with E-state index < -0.39 is 49.5 Å². The Morgan fingerprint density at radius 1 is 0.635 bits per heavy atom. The number of carbonyl (C=O) groups is 1. The van der Waals surface area contributed by atoms with E-state index in [2.05, 4.69) is 12.2 Å². The normalized spacial score (nSPS) is 21.9. The summed E-state index contributed by atoms with van der Waals surface area (Å²) in [5.74, 6) is -0.351. The van der Waals surface area contributed by atoms with Crippen molar-refractivity contribution in [2.45, 2.75) is 243 Å². The Kier molecular flexibility index (Phi) is 32.4. The van der Waals surface area contributed by atoms with Crippen molar-refractivity contribution in [1.82, 2.24) is 5.32 Å². The quantitative estimate of drug-likeness (QED) is 0.0277. The lowest BCUT2D eigenvalue weighted by molar-refractivity contribution is -0.302. The Hall–Kier alpha value is -1.07. The highest BCUT2D eigenvalue weighted by Crippen LogP contribution is 2.22. The average molecular weight is 742 g/mol. The van der Waals surface area contributed by atoms with E-state index in [0.717, 1.165) is 19.3 Å². The van der Waals surface area contributed by atoms with Gasteiger partial charge in [0, 0.05) is 6.92 Å². The third-order valence-corrected chi connectivity index (χ3v) is 10.6. The van der Waals surface area contributed by atoms with E-state index in [4.69, 9.17) is 9.47 Å². The number of amides is 1. The maximum atomic E-state index is 11.7. The van der Waals surface area contributed by atoms with Gasteiger partial charge >= 0.3 is 0 Å². The van der Waals surface area contributed by atoms with Crippen molar-refractivity contribution in [2.24, 2.45) is 0 Å². The minimum Gasteiger partial charge on any atom is -0.394 e. The topological polar surface area (TPSA) is 149 Å². The summed E-state index contributed by atoms with van der Waals surface area (Å²) < 4.78 is 10.9. The smallest absolute Gasteiger partial charge is 0.217 e. The molecule has 9 nitrogen and oxygen atoms in total. The number of aliphatic hydroxyl groups is 5. The van der Waals surface area contributed by atoms with Crippen LogP contribution in [0.5, 0.6) is 0 Å². The molecule has 1 rings (SSSR count). The molecule has 0 aromatic carbocycles. The molecule has 52 heavy (non-hydrogen) atoms. The molecule has 0 aromatic rings. The number of hydrogen-bond acceptors (Lipinski definition) is 8. The first-order chi connectivity index (χ1) is 25.3. The summed E-state index contributed by atoms with van der Waals surface area (Å²) >= 11 is 0. The standard InChI is InChI=1S/C43H83NO8/c1-3-4-5-6-7-8-9-10-11-12-13-14-15-16-17-18-19-20-21-22-23-24-25-26-27-28-29-30-31-32-33-38(47)37(44-36(2)46)35-51-43-42(50)41(49)40(48)39(34-45)52-43/h32-33,37-43,45,47-50H,3-31,34-35H2,1-2H3,(H,44,46)/b33-32+. The highest BCUT2D eigenvalue weighted by atomic mass is 16.7. The third kappa shape index (κ3) is 25.9. The zero-order valence-corrected chi connectivity index (χ0v) is 33.6. The van der Waals surface area contributed by atoms with Crippen LogP contribution in [0.25, 0.3) is 0 Å². The van der Waals surface area contributed by atoms with Gasteiger partial charge in [-0.25, -0.2) is 0 Å². The molecule has 0 radical (unpaired) electrons. The molecule has 0 aromatic heterocycles. The molecule has 7 atom stereocenters. The van der Waals surface area contributed by atoms with Gasteiger partial charge in [-0.05, 0) is 12.8 Å². The van der Waals surface area contributed by atoms with Crippen LogP contribution in [0.2, 0.25) is 0 Å². The van der Waals surface area contributed by atoms with Crippen LogP contribution in [0.1, 0.15) is 200 Å². The van der Waals surface area contributed by atoms with Gasteiger partial charge in [-0.15, -0.1) is 0 Å². The third-order valence-electron chi connectivity index (χ3n) is 10.6. The molecule has 9 heteroatoms. The highest BCUT2D eigenvalue weighted by molar-refractivity contribution is 5.73. The molecule has 1 saturated heterocycles. The number of aliphatic hydroxyl groups excluding tert-OH is 5. The van der Waals surface area contributed by atoms with E-state index in [1.165, 1.54) is 174 Å². The summed E-state index contributed by atoms with van der Waals surface area (Å²) in [6.07, 6.45) is 35.0.